The molecule has 3 heteroatoms. The van der Waals surface area contributed by atoms with Gasteiger partial charge in [-0.25, -0.2) is 0 Å². The zero-order valence-corrected chi connectivity index (χ0v) is 4.26. The van der Waals surface area contributed by atoms with E-state index in [9.17, 15) is 0 Å². The van der Waals surface area contributed by atoms with Gasteiger partial charge in [-0.2, -0.15) is 0 Å². The van der Waals surface area contributed by atoms with Crippen molar-refractivity contribution in [2.24, 2.45) is 5.73 Å². The number of epoxide rings is 1. The molecule has 1 rings (SSSR count). The summed E-state index contributed by atoms with van der Waals surface area (Å²) in [6, 6.07) is 0. The van der Waals surface area contributed by atoms with Gasteiger partial charge in [0, 0.05) is 0 Å². The fourth-order valence-corrected chi connectivity index (χ4v) is 0.357. The highest BCUT2D eigenvalue weighted by Crippen LogP contribution is 2.10. The number of ether oxygens (including phenoxy) is 2. The summed E-state index contributed by atoms with van der Waals surface area (Å²) in [5.41, 5.74) is 5.23. The van der Waals surface area contributed by atoms with Crippen LogP contribution in [-0.2, 0) is 9.47 Å². The Balaban J connectivity index is 1.97. The Bertz CT molecular complexity index is 60.7. The topological polar surface area (TPSA) is 47.8 Å². The quantitative estimate of drug-likeness (QED) is 0.384. The maximum absolute atomic E-state index is 5.23. The summed E-state index contributed by atoms with van der Waals surface area (Å²) in [6.45, 7) is 2.49. The molecule has 7 heavy (non-hydrogen) atoms. The average Bonchev–Trinajstić information content (AvgIpc) is 2.17. The van der Waals surface area contributed by atoms with Crippen LogP contribution in [0, 0.1) is 0 Å². The van der Waals surface area contributed by atoms with Crippen molar-refractivity contribution in [1.29, 1.82) is 0 Å². The molecular formula is C4H9NO2. The van der Waals surface area contributed by atoms with E-state index in [1.54, 1.807) is 6.92 Å². The molecule has 2 N–H and O–H groups in total. The van der Waals surface area contributed by atoms with E-state index < -0.39 is 0 Å². The Morgan fingerprint density at radius 3 is 2.71 bits per heavy atom. The molecule has 3 nitrogen and oxygen atoms in total. The van der Waals surface area contributed by atoms with Crippen LogP contribution in [0.15, 0.2) is 0 Å². The highest BCUT2D eigenvalue weighted by atomic mass is 16.8. The summed E-state index contributed by atoms with van der Waals surface area (Å²) in [4.78, 5) is 0. The maximum Gasteiger partial charge on any atom is 0.183 e. The Morgan fingerprint density at radius 1 is 2.00 bits per heavy atom. The first-order valence-electron chi connectivity index (χ1n) is 2.31. The first-order valence-corrected chi connectivity index (χ1v) is 2.31. The lowest BCUT2D eigenvalue weighted by Crippen LogP contribution is -2.20. The predicted octanol–water partition coefficient (Wildman–Crippen LogP) is -0.336. The van der Waals surface area contributed by atoms with E-state index in [1.165, 1.54) is 0 Å². The van der Waals surface area contributed by atoms with Gasteiger partial charge in [-0.15, -0.1) is 0 Å². The third-order valence-electron chi connectivity index (χ3n) is 0.669. The van der Waals surface area contributed by atoms with Gasteiger partial charge in [0.25, 0.3) is 0 Å². The minimum Gasteiger partial charge on any atom is -0.345 e. The number of hydrogen-bond donors (Lipinski definition) is 1. The molecule has 0 spiro atoms. The zero-order valence-electron chi connectivity index (χ0n) is 4.26. The van der Waals surface area contributed by atoms with E-state index in [0.29, 0.717) is 6.61 Å². The fourth-order valence-electron chi connectivity index (χ4n) is 0.357. The van der Waals surface area contributed by atoms with E-state index in [1.807, 2.05) is 0 Å². The van der Waals surface area contributed by atoms with Crippen LogP contribution in [0.25, 0.3) is 0 Å². The van der Waals surface area contributed by atoms with Crippen molar-refractivity contribution in [2.45, 2.75) is 19.4 Å². The van der Waals surface area contributed by atoms with Crippen molar-refractivity contribution in [3.63, 3.8) is 0 Å². The van der Waals surface area contributed by atoms with E-state index in [0.717, 1.165) is 0 Å². The molecule has 0 aromatic carbocycles. The molecule has 0 amide bonds. The lowest BCUT2D eigenvalue weighted by Gasteiger charge is -2.00. The highest BCUT2D eigenvalue weighted by molar-refractivity contribution is 4.55. The lowest BCUT2D eigenvalue weighted by molar-refractivity contribution is 0.00210. The Morgan fingerprint density at radius 2 is 2.57 bits per heavy atom. The van der Waals surface area contributed by atoms with Gasteiger partial charge in [0.1, 0.15) is 12.8 Å². The van der Waals surface area contributed by atoms with E-state index in [4.69, 9.17) is 15.2 Å². The molecule has 1 aliphatic rings. The lowest BCUT2D eigenvalue weighted by atomic mass is 10.7. The molecule has 1 fully saturated rings. The predicted molar refractivity (Wildman–Crippen MR) is 24.5 cm³/mol. The molecule has 2 atom stereocenters. The van der Waals surface area contributed by atoms with Crippen LogP contribution in [0.3, 0.4) is 0 Å². The van der Waals surface area contributed by atoms with Crippen LogP contribution in [0.4, 0.5) is 0 Å². The summed E-state index contributed by atoms with van der Waals surface area (Å²) >= 11 is 0. The standard InChI is InChI=1S/C4H9NO2/c1-3(5)7-4-2-6-4/h3-4H,2,5H2,1H3. The van der Waals surface area contributed by atoms with E-state index in [-0.39, 0.29) is 12.5 Å². The van der Waals surface area contributed by atoms with Crippen LogP contribution in [0.1, 0.15) is 6.92 Å². The van der Waals surface area contributed by atoms with Gasteiger partial charge in [0.15, 0.2) is 6.29 Å². The Hall–Kier alpha value is -0.120. The number of rotatable bonds is 2. The monoisotopic (exact) mass is 103 g/mol. The molecule has 1 saturated heterocycles. The molecule has 42 valence electrons. The smallest absolute Gasteiger partial charge is 0.183 e. The second kappa shape index (κ2) is 1.78. The van der Waals surface area contributed by atoms with Crippen molar-refractivity contribution in [2.75, 3.05) is 6.61 Å². The number of hydrogen-bond acceptors (Lipinski definition) is 3. The second-order valence-electron chi connectivity index (χ2n) is 1.60. The third-order valence-corrected chi connectivity index (χ3v) is 0.669. The second-order valence-corrected chi connectivity index (χ2v) is 1.60. The van der Waals surface area contributed by atoms with Gasteiger partial charge >= 0.3 is 0 Å². The van der Waals surface area contributed by atoms with Crippen molar-refractivity contribution >= 4 is 0 Å². The molecule has 0 bridgehead atoms. The molecule has 0 aliphatic carbocycles. The highest BCUT2D eigenvalue weighted by Gasteiger charge is 2.24. The Labute approximate surface area is 42.4 Å². The largest absolute Gasteiger partial charge is 0.345 e. The van der Waals surface area contributed by atoms with Gasteiger partial charge in [-0.05, 0) is 6.92 Å². The summed E-state index contributed by atoms with van der Waals surface area (Å²) < 4.78 is 9.63. The minimum absolute atomic E-state index is 0.000000000000000222. The van der Waals surface area contributed by atoms with Crippen LogP contribution in [0.5, 0.6) is 0 Å². The van der Waals surface area contributed by atoms with E-state index >= 15 is 0 Å². The van der Waals surface area contributed by atoms with Gasteiger partial charge in [-0.1, -0.05) is 0 Å². The summed E-state index contributed by atoms with van der Waals surface area (Å²) in [6.07, 6.45) is -0.188. The minimum atomic E-state index is -0.188. The van der Waals surface area contributed by atoms with Crippen LogP contribution >= 0.6 is 0 Å². The normalized spacial score (nSPS) is 32.6. The van der Waals surface area contributed by atoms with Crippen molar-refractivity contribution in [3.05, 3.63) is 0 Å². The SMILES string of the molecule is CC(N)OC1CO1. The molecule has 0 radical (unpaired) electrons. The zero-order chi connectivity index (χ0) is 5.28. The van der Waals surface area contributed by atoms with Gasteiger partial charge in [0.05, 0.1) is 0 Å². The van der Waals surface area contributed by atoms with Gasteiger partial charge in [0.2, 0.25) is 0 Å². The molecule has 0 saturated carbocycles. The first-order chi connectivity index (χ1) is 3.29. The average molecular weight is 103 g/mol. The van der Waals surface area contributed by atoms with Crippen molar-refractivity contribution < 1.29 is 9.47 Å². The summed E-state index contributed by atoms with van der Waals surface area (Å²) in [7, 11) is 0. The first kappa shape index (κ1) is 5.03. The summed E-state index contributed by atoms with van der Waals surface area (Å²) in [5.74, 6) is 0. The molecular weight excluding hydrogens is 94.0 g/mol. The fraction of sp³-hybridized carbons (Fsp3) is 1.00. The summed E-state index contributed by atoms with van der Waals surface area (Å²) in [5, 5.41) is 0. The van der Waals surface area contributed by atoms with Gasteiger partial charge < -0.3 is 15.2 Å². The van der Waals surface area contributed by atoms with Crippen LogP contribution in [-0.4, -0.2) is 19.1 Å². The Kier molecular flexibility index (Phi) is 1.27. The van der Waals surface area contributed by atoms with Gasteiger partial charge in [-0.3, -0.25) is 0 Å². The van der Waals surface area contributed by atoms with Crippen LogP contribution < -0.4 is 5.73 Å². The maximum atomic E-state index is 5.23. The molecule has 0 aromatic heterocycles. The van der Waals surface area contributed by atoms with Crippen LogP contribution in [0.2, 0.25) is 0 Å². The van der Waals surface area contributed by atoms with Crippen molar-refractivity contribution in [3.8, 4) is 0 Å². The third kappa shape index (κ3) is 1.87. The molecule has 0 aromatic rings. The van der Waals surface area contributed by atoms with Crippen molar-refractivity contribution in [1.82, 2.24) is 0 Å². The molecule has 1 heterocycles. The van der Waals surface area contributed by atoms with E-state index in [2.05, 4.69) is 0 Å². The number of nitrogens with two attached hydrogens (primary N) is 1. The molecule has 1 aliphatic heterocycles. The molecule has 2 unspecified atom stereocenters.